The van der Waals surface area contributed by atoms with Crippen LogP contribution in [0.15, 0.2) is 12.1 Å². The van der Waals surface area contributed by atoms with Crippen LogP contribution in [0.25, 0.3) is 0 Å². The quantitative estimate of drug-likeness (QED) is 0.457. The van der Waals surface area contributed by atoms with Crippen molar-refractivity contribution < 1.29 is 40.7 Å². The number of hydrogen-bond donors (Lipinski definition) is 2. The number of benzene rings is 1. The fraction of sp³-hybridized carbons (Fsp3) is 0.471. The number of nitrogens with zero attached hydrogens (tertiary/aromatic N) is 1. The summed E-state index contributed by atoms with van der Waals surface area (Å²) in [7, 11) is -3.33. The number of hydrogen-bond acceptors (Lipinski definition) is 6. The molecule has 1 aromatic carbocycles. The molecule has 0 unspecified atom stereocenters. The number of piperidine rings is 1. The first kappa shape index (κ1) is 23.6. The standard InChI is InChI=1S/C17H20F3N3O6S/c1-30(27,28)23-6-4-10(5-7-23)17(26)29-9-14(25)21-8-13(24)22-12-3-2-11(18)15(19)16(12)20/h2-3,10H,4-9H2,1H3,(H,21,25)(H,22,24). The van der Waals surface area contributed by atoms with Crippen molar-refractivity contribution in [3.8, 4) is 0 Å². The molecule has 166 valence electrons. The zero-order valence-corrected chi connectivity index (χ0v) is 16.7. The minimum atomic E-state index is -3.33. The molecular weight excluding hydrogens is 431 g/mol. The Kier molecular flexibility index (Phi) is 7.78. The number of anilines is 1. The summed E-state index contributed by atoms with van der Waals surface area (Å²) in [5, 5.41) is 4.10. The summed E-state index contributed by atoms with van der Waals surface area (Å²) in [5.74, 6) is -7.66. The number of carbonyl (C=O) groups excluding carboxylic acids is 3. The molecule has 2 N–H and O–H groups in total. The second-order valence-electron chi connectivity index (χ2n) is 6.59. The molecule has 0 saturated carbocycles. The van der Waals surface area contributed by atoms with E-state index in [2.05, 4.69) is 5.32 Å². The van der Waals surface area contributed by atoms with Gasteiger partial charge in [0, 0.05) is 13.1 Å². The van der Waals surface area contributed by atoms with Gasteiger partial charge >= 0.3 is 5.97 Å². The Hall–Kier alpha value is -2.67. The Bertz CT molecular complexity index is 933. The number of sulfonamides is 1. The van der Waals surface area contributed by atoms with Gasteiger partial charge in [-0.1, -0.05) is 0 Å². The van der Waals surface area contributed by atoms with E-state index in [1.165, 1.54) is 4.31 Å². The highest BCUT2D eigenvalue weighted by Gasteiger charge is 2.30. The highest BCUT2D eigenvalue weighted by molar-refractivity contribution is 7.88. The molecule has 1 aliphatic heterocycles. The van der Waals surface area contributed by atoms with Crippen LogP contribution in [0.1, 0.15) is 12.8 Å². The number of halogens is 3. The van der Waals surface area contributed by atoms with E-state index >= 15 is 0 Å². The summed E-state index contributed by atoms with van der Waals surface area (Å²) >= 11 is 0. The lowest BCUT2D eigenvalue weighted by molar-refractivity contribution is -0.153. The van der Waals surface area contributed by atoms with E-state index < -0.39 is 70.0 Å². The summed E-state index contributed by atoms with van der Waals surface area (Å²) in [4.78, 5) is 35.4. The Labute approximate surface area is 170 Å². The van der Waals surface area contributed by atoms with Crippen LogP contribution in [0.4, 0.5) is 18.9 Å². The highest BCUT2D eigenvalue weighted by Crippen LogP contribution is 2.21. The molecule has 1 heterocycles. The topological polar surface area (TPSA) is 122 Å². The van der Waals surface area contributed by atoms with Crippen LogP contribution in [0.5, 0.6) is 0 Å². The van der Waals surface area contributed by atoms with Crippen molar-refractivity contribution in [2.45, 2.75) is 12.8 Å². The molecule has 9 nitrogen and oxygen atoms in total. The molecule has 30 heavy (non-hydrogen) atoms. The summed E-state index contributed by atoms with van der Waals surface area (Å²) in [6.07, 6.45) is 1.60. The maximum atomic E-state index is 13.5. The molecule has 13 heteroatoms. The average Bonchev–Trinajstić information content (AvgIpc) is 2.70. The molecule has 0 spiro atoms. The molecule has 1 fully saturated rings. The fourth-order valence-corrected chi connectivity index (χ4v) is 3.60. The summed E-state index contributed by atoms with van der Waals surface area (Å²) in [6, 6.07) is 1.46. The van der Waals surface area contributed by atoms with Crippen LogP contribution < -0.4 is 10.6 Å². The smallest absolute Gasteiger partial charge is 0.309 e. The van der Waals surface area contributed by atoms with E-state index in [9.17, 15) is 36.0 Å². The normalized spacial score (nSPS) is 15.5. The third-order valence-corrected chi connectivity index (χ3v) is 5.66. The van der Waals surface area contributed by atoms with E-state index in [-0.39, 0.29) is 25.9 Å². The Morgan fingerprint density at radius 2 is 1.73 bits per heavy atom. The van der Waals surface area contributed by atoms with Gasteiger partial charge in [0.05, 0.1) is 24.4 Å². The van der Waals surface area contributed by atoms with Crippen LogP contribution in [0.3, 0.4) is 0 Å². The molecule has 1 aromatic rings. The van der Waals surface area contributed by atoms with Gasteiger partial charge in [0.2, 0.25) is 15.9 Å². The molecular formula is C17H20F3N3O6S. The van der Waals surface area contributed by atoms with E-state index in [1.807, 2.05) is 5.32 Å². The van der Waals surface area contributed by atoms with Gasteiger partial charge in [0.25, 0.3) is 5.91 Å². The molecule has 0 bridgehead atoms. The third-order valence-electron chi connectivity index (χ3n) is 4.36. The van der Waals surface area contributed by atoms with Crippen molar-refractivity contribution >= 4 is 33.5 Å². The Morgan fingerprint density at radius 3 is 2.33 bits per heavy atom. The van der Waals surface area contributed by atoms with Gasteiger partial charge in [0.15, 0.2) is 24.1 Å². The zero-order chi connectivity index (χ0) is 22.5. The van der Waals surface area contributed by atoms with Crippen molar-refractivity contribution in [1.82, 2.24) is 9.62 Å². The lowest BCUT2D eigenvalue weighted by Crippen LogP contribution is -2.41. The lowest BCUT2D eigenvalue weighted by Gasteiger charge is -2.28. The first-order chi connectivity index (χ1) is 14.0. The van der Waals surface area contributed by atoms with Gasteiger partial charge < -0.3 is 15.4 Å². The van der Waals surface area contributed by atoms with Crippen molar-refractivity contribution in [1.29, 1.82) is 0 Å². The van der Waals surface area contributed by atoms with Crippen LogP contribution in [0.2, 0.25) is 0 Å². The van der Waals surface area contributed by atoms with Gasteiger partial charge in [-0.25, -0.2) is 25.9 Å². The molecule has 2 amide bonds. The summed E-state index contributed by atoms with van der Waals surface area (Å²) in [5.41, 5.74) is -0.597. The van der Waals surface area contributed by atoms with Gasteiger partial charge in [-0.05, 0) is 25.0 Å². The minimum absolute atomic E-state index is 0.172. The average molecular weight is 451 g/mol. The largest absolute Gasteiger partial charge is 0.455 e. The predicted molar refractivity (Wildman–Crippen MR) is 98.1 cm³/mol. The maximum absolute atomic E-state index is 13.5. The number of nitrogens with one attached hydrogen (secondary N) is 2. The second-order valence-corrected chi connectivity index (χ2v) is 8.57. The Balaban J connectivity index is 1.72. The van der Waals surface area contributed by atoms with Crippen molar-refractivity contribution in [3.63, 3.8) is 0 Å². The first-order valence-electron chi connectivity index (χ1n) is 8.81. The minimum Gasteiger partial charge on any atom is -0.455 e. The SMILES string of the molecule is CS(=O)(=O)N1CCC(C(=O)OCC(=O)NCC(=O)Nc2ccc(F)c(F)c2F)CC1. The second kappa shape index (κ2) is 9.89. The molecule has 0 aromatic heterocycles. The van der Waals surface area contributed by atoms with Crippen LogP contribution in [-0.2, 0) is 29.1 Å². The summed E-state index contributed by atoms with van der Waals surface area (Å²) < 4.78 is 68.4. The van der Waals surface area contributed by atoms with E-state index in [1.54, 1.807) is 0 Å². The molecule has 2 rings (SSSR count). The molecule has 0 atom stereocenters. The first-order valence-corrected chi connectivity index (χ1v) is 10.7. The number of rotatable bonds is 7. The van der Waals surface area contributed by atoms with Gasteiger partial charge in [-0.15, -0.1) is 0 Å². The van der Waals surface area contributed by atoms with E-state index in [0.29, 0.717) is 6.07 Å². The monoisotopic (exact) mass is 451 g/mol. The number of amides is 2. The number of esters is 1. The van der Waals surface area contributed by atoms with Crippen molar-refractivity contribution in [2.24, 2.45) is 5.92 Å². The van der Waals surface area contributed by atoms with Gasteiger partial charge in [0.1, 0.15) is 0 Å². The Morgan fingerprint density at radius 1 is 1.10 bits per heavy atom. The number of ether oxygens (including phenoxy) is 1. The van der Waals surface area contributed by atoms with Crippen LogP contribution >= 0.6 is 0 Å². The lowest BCUT2D eigenvalue weighted by atomic mass is 9.98. The molecule has 1 aliphatic rings. The van der Waals surface area contributed by atoms with Gasteiger partial charge in [-0.2, -0.15) is 0 Å². The predicted octanol–water partition coefficient (Wildman–Crippen LogP) is 0.373. The molecule has 1 saturated heterocycles. The fourth-order valence-electron chi connectivity index (χ4n) is 2.72. The maximum Gasteiger partial charge on any atom is 0.309 e. The van der Waals surface area contributed by atoms with Gasteiger partial charge in [-0.3, -0.25) is 14.4 Å². The zero-order valence-electron chi connectivity index (χ0n) is 15.9. The summed E-state index contributed by atoms with van der Waals surface area (Å²) in [6.45, 7) is -0.948. The third kappa shape index (κ3) is 6.42. The van der Waals surface area contributed by atoms with Crippen molar-refractivity contribution in [3.05, 3.63) is 29.6 Å². The van der Waals surface area contributed by atoms with Crippen molar-refractivity contribution in [2.75, 3.05) is 37.8 Å². The van der Waals surface area contributed by atoms with Crippen LogP contribution in [0, 0.1) is 23.4 Å². The highest BCUT2D eigenvalue weighted by atomic mass is 32.2. The van der Waals surface area contributed by atoms with Crippen LogP contribution in [-0.4, -0.2) is 63.0 Å². The molecule has 0 aliphatic carbocycles. The van der Waals surface area contributed by atoms with E-state index in [4.69, 9.17) is 4.74 Å². The van der Waals surface area contributed by atoms with E-state index in [0.717, 1.165) is 12.3 Å². The number of carbonyl (C=O) groups is 3. The molecule has 0 radical (unpaired) electrons.